The third kappa shape index (κ3) is 3.39. The van der Waals surface area contributed by atoms with Gasteiger partial charge in [0.1, 0.15) is 11.2 Å². The normalized spacial score (nSPS) is 13.4. The van der Waals surface area contributed by atoms with Crippen molar-refractivity contribution in [2.45, 2.75) is 19.3 Å². The van der Waals surface area contributed by atoms with Crippen LogP contribution in [-0.4, -0.2) is 4.98 Å². The van der Waals surface area contributed by atoms with Crippen LogP contribution >= 0.6 is 0 Å². The number of fused-ring (bicyclic) bond motifs is 6. The highest BCUT2D eigenvalue weighted by atomic mass is 16.3. The van der Waals surface area contributed by atoms with Crippen LogP contribution in [0.2, 0.25) is 0 Å². The maximum atomic E-state index is 6.53. The van der Waals surface area contributed by atoms with Crippen molar-refractivity contribution >= 4 is 21.9 Å². The Kier molecular flexibility index (Phi) is 4.90. The topological polar surface area (TPSA) is 26.0 Å². The lowest BCUT2D eigenvalue weighted by Gasteiger charge is -2.21. The maximum absolute atomic E-state index is 6.53. The lowest BCUT2D eigenvalue weighted by atomic mass is 9.82. The summed E-state index contributed by atoms with van der Waals surface area (Å²) in [6, 6.07) is 45.1. The third-order valence-electron chi connectivity index (χ3n) is 8.48. The van der Waals surface area contributed by atoms with Gasteiger partial charge < -0.3 is 4.42 Å². The van der Waals surface area contributed by atoms with Crippen molar-refractivity contribution in [1.29, 1.82) is 0 Å². The first-order chi connectivity index (χ1) is 19.6. The first-order valence-corrected chi connectivity index (χ1v) is 13.8. The van der Waals surface area contributed by atoms with Crippen LogP contribution in [0.3, 0.4) is 0 Å². The zero-order chi connectivity index (χ0) is 26.8. The van der Waals surface area contributed by atoms with E-state index in [1.54, 1.807) is 0 Å². The average molecular weight is 514 g/mol. The molecule has 0 fully saturated rings. The van der Waals surface area contributed by atoms with Crippen molar-refractivity contribution in [3.05, 3.63) is 139 Å². The molecule has 0 spiro atoms. The summed E-state index contributed by atoms with van der Waals surface area (Å²) in [5.41, 5.74) is 13.4. The molecule has 190 valence electrons. The molecule has 2 heterocycles. The fourth-order valence-corrected chi connectivity index (χ4v) is 6.46. The van der Waals surface area contributed by atoms with Crippen molar-refractivity contribution < 1.29 is 4.42 Å². The minimum atomic E-state index is -0.0714. The summed E-state index contributed by atoms with van der Waals surface area (Å²) in [5, 5.41) is 2.24. The Morgan fingerprint density at radius 1 is 0.500 bits per heavy atom. The van der Waals surface area contributed by atoms with Gasteiger partial charge in [0, 0.05) is 27.3 Å². The van der Waals surface area contributed by atoms with Gasteiger partial charge in [-0.05, 0) is 63.7 Å². The van der Waals surface area contributed by atoms with Gasteiger partial charge in [0.05, 0.1) is 11.4 Å². The van der Waals surface area contributed by atoms with Crippen LogP contribution in [0.5, 0.6) is 0 Å². The molecule has 1 aliphatic carbocycles. The number of furan rings is 1. The van der Waals surface area contributed by atoms with Crippen LogP contribution in [0, 0.1) is 0 Å². The Morgan fingerprint density at radius 2 is 1.18 bits per heavy atom. The number of hydrogen-bond donors (Lipinski definition) is 0. The van der Waals surface area contributed by atoms with Crippen molar-refractivity contribution in [1.82, 2.24) is 4.98 Å². The van der Waals surface area contributed by atoms with Crippen LogP contribution in [-0.2, 0) is 5.41 Å². The van der Waals surface area contributed by atoms with Gasteiger partial charge in [-0.15, -0.1) is 0 Å². The van der Waals surface area contributed by atoms with E-state index >= 15 is 0 Å². The number of nitrogens with zero attached hydrogens (tertiary/aromatic N) is 1. The van der Waals surface area contributed by atoms with E-state index in [1.807, 2.05) is 6.07 Å². The molecule has 2 aromatic heterocycles. The van der Waals surface area contributed by atoms with E-state index in [9.17, 15) is 0 Å². The molecule has 2 nitrogen and oxygen atoms in total. The molecule has 0 bridgehead atoms. The van der Waals surface area contributed by atoms with Crippen molar-refractivity contribution in [3.8, 4) is 44.8 Å². The first kappa shape index (κ1) is 23.0. The smallest absolute Gasteiger partial charge is 0.136 e. The Morgan fingerprint density at radius 3 is 1.98 bits per heavy atom. The molecule has 2 heteroatoms. The van der Waals surface area contributed by atoms with Crippen LogP contribution < -0.4 is 0 Å². The second-order valence-electron chi connectivity index (χ2n) is 11.2. The summed E-state index contributed by atoms with van der Waals surface area (Å²) in [6.45, 7) is 4.61. The summed E-state index contributed by atoms with van der Waals surface area (Å²) in [4.78, 5) is 5.23. The predicted molar refractivity (Wildman–Crippen MR) is 165 cm³/mol. The van der Waals surface area contributed by atoms with E-state index in [0.29, 0.717) is 0 Å². The van der Waals surface area contributed by atoms with E-state index in [2.05, 4.69) is 135 Å². The van der Waals surface area contributed by atoms with Crippen LogP contribution in [0.1, 0.15) is 25.0 Å². The molecule has 0 saturated heterocycles. The number of rotatable bonds is 3. The Bertz CT molecular complexity index is 2010. The lowest BCUT2D eigenvalue weighted by Crippen LogP contribution is -2.14. The van der Waals surface area contributed by atoms with Gasteiger partial charge in [-0.3, -0.25) is 0 Å². The molecule has 40 heavy (non-hydrogen) atoms. The second-order valence-corrected chi connectivity index (χ2v) is 11.2. The van der Waals surface area contributed by atoms with Crippen LogP contribution in [0.25, 0.3) is 66.7 Å². The van der Waals surface area contributed by atoms with Crippen LogP contribution in [0.4, 0.5) is 0 Å². The molecule has 0 unspecified atom stereocenters. The largest absolute Gasteiger partial charge is 0.456 e. The Labute approximate surface area is 233 Å². The number of pyridine rings is 1. The maximum Gasteiger partial charge on any atom is 0.136 e. The highest BCUT2D eigenvalue weighted by Gasteiger charge is 2.36. The number of hydrogen-bond acceptors (Lipinski definition) is 2. The Balaban J connectivity index is 1.41. The van der Waals surface area contributed by atoms with Crippen molar-refractivity contribution in [2.75, 3.05) is 0 Å². The van der Waals surface area contributed by atoms with E-state index in [0.717, 1.165) is 50.0 Å². The van der Waals surface area contributed by atoms with Gasteiger partial charge >= 0.3 is 0 Å². The highest BCUT2D eigenvalue weighted by molar-refractivity contribution is 6.14. The van der Waals surface area contributed by atoms with Gasteiger partial charge in [0.15, 0.2) is 0 Å². The summed E-state index contributed by atoms with van der Waals surface area (Å²) in [6.07, 6.45) is 0. The molecule has 7 aromatic rings. The van der Waals surface area contributed by atoms with Crippen molar-refractivity contribution in [3.63, 3.8) is 0 Å². The molecular weight excluding hydrogens is 486 g/mol. The molecule has 0 saturated carbocycles. The molecular formula is C38H27NO. The first-order valence-electron chi connectivity index (χ1n) is 13.8. The highest BCUT2D eigenvalue weighted by Crippen LogP contribution is 2.51. The molecule has 0 amide bonds. The molecule has 5 aromatic carbocycles. The predicted octanol–water partition coefficient (Wildman–Crippen LogP) is 10.3. The average Bonchev–Trinajstić information content (AvgIpc) is 3.49. The molecule has 0 aliphatic heterocycles. The van der Waals surface area contributed by atoms with Gasteiger partial charge in [-0.25, -0.2) is 4.98 Å². The van der Waals surface area contributed by atoms with E-state index in [-0.39, 0.29) is 5.41 Å². The van der Waals surface area contributed by atoms with Gasteiger partial charge in [0.25, 0.3) is 0 Å². The van der Waals surface area contributed by atoms with Gasteiger partial charge in [-0.1, -0.05) is 111 Å². The SMILES string of the molecule is CC1(C)c2ccccc2-c2cc3c(cc21)oc1cccc(-c2cc(-c4ccccc4)cc(-c4ccccc4)n2)c13. The minimum absolute atomic E-state index is 0.0714. The van der Waals surface area contributed by atoms with E-state index in [4.69, 9.17) is 9.40 Å². The molecule has 1 aliphatic rings. The molecule has 0 atom stereocenters. The number of benzene rings is 5. The van der Waals surface area contributed by atoms with Crippen molar-refractivity contribution in [2.24, 2.45) is 0 Å². The fourth-order valence-electron chi connectivity index (χ4n) is 6.46. The zero-order valence-electron chi connectivity index (χ0n) is 22.5. The molecule has 0 N–H and O–H groups in total. The zero-order valence-corrected chi connectivity index (χ0v) is 22.5. The van der Waals surface area contributed by atoms with Gasteiger partial charge in [-0.2, -0.15) is 0 Å². The quantitative estimate of drug-likeness (QED) is 0.235. The lowest BCUT2D eigenvalue weighted by molar-refractivity contribution is 0.647. The summed E-state index contributed by atoms with van der Waals surface area (Å²) < 4.78 is 6.53. The van der Waals surface area contributed by atoms with E-state index in [1.165, 1.54) is 27.8 Å². The summed E-state index contributed by atoms with van der Waals surface area (Å²) >= 11 is 0. The summed E-state index contributed by atoms with van der Waals surface area (Å²) in [5.74, 6) is 0. The Hall–Kier alpha value is -4.95. The van der Waals surface area contributed by atoms with Gasteiger partial charge in [0.2, 0.25) is 0 Å². The fraction of sp³-hybridized carbons (Fsp3) is 0.0789. The third-order valence-corrected chi connectivity index (χ3v) is 8.48. The summed E-state index contributed by atoms with van der Waals surface area (Å²) in [7, 11) is 0. The minimum Gasteiger partial charge on any atom is -0.456 e. The molecule has 0 radical (unpaired) electrons. The second kappa shape index (κ2) is 8.53. The monoisotopic (exact) mass is 513 g/mol. The molecule has 8 rings (SSSR count). The van der Waals surface area contributed by atoms with Crippen LogP contribution in [0.15, 0.2) is 132 Å². The number of aromatic nitrogens is 1. The standard InChI is InChI=1S/C38H27NO/c1-38(2)31-18-10-9-16-27(31)29-22-30-36(23-32(29)38)40-35-19-11-17-28(37(30)35)34-21-26(24-12-5-3-6-13-24)20-33(39-34)25-14-7-4-8-15-25/h3-23H,1-2H3. The van der Waals surface area contributed by atoms with E-state index < -0.39 is 0 Å².